The molecule has 0 bridgehead atoms. The molecular weight excluding hydrogens is 573 g/mol. The van der Waals surface area contributed by atoms with Crippen LogP contribution in [-0.2, 0) is 0 Å². The van der Waals surface area contributed by atoms with Crippen LogP contribution in [0.1, 0.15) is 12.8 Å². The molecule has 0 saturated heterocycles. The average Bonchev–Trinajstić information content (AvgIpc) is 3.80. The Morgan fingerprint density at radius 1 is 0.511 bits per heavy atom. The lowest BCUT2D eigenvalue weighted by Gasteiger charge is -2.15. The van der Waals surface area contributed by atoms with Gasteiger partial charge in [-0.15, -0.1) is 0 Å². The third-order valence-electron chi connectivity index (χ3n) is 9.69. The maximum absolute atomic E-state index is 5.10. The normalized spacial score (nSPS) is 13.4. The molecule has 6 aromatic carbocycles. The van der Waals surface area contributed by atoms with Crippen LogP contribution >= 0.6 is 0 Å². The van der Waals surface area contributed by atoms with Crippen molar-refractivity contribution in [2.75, 3.05) is 0 Å². The van der Waals surface area contributed by atoms with Crippen molar-refractivity contribution in [1.29, 1.82) is 0 Å². The first kappa shape index (κ1) is 26.1. The van der Waals surface area contributed by atoms with Crippen LogP contribution in [0.3, 0.4) is 0 Å². The van der Waals surface area contributed by atoms with Gasteiger partial charge in [0.1, 0.15) is 5.82 Å². The topological polar surface area (TPSA) is 27.7 Å². The Morgan fingerprint density at radius 3 is 2.02 bits per heavy atom. The first-order chi connectivity index (χ1) is 23.3. The van der Waals surface area contributed by atoms with Crippen molar-refractivity contribution in [3.8, 4) is 22.8 Å². The Morgan fingerprint density at radius 2 is 1.21 bits per heavy atom. The first-order valence-electron chi connectivity index (χ1n) is 16.3. The van der Waals surface area contributed by atoms with Gasteiger partial charge in [-0.2, -0.15) is 0 Å². The molecule has 222 valence electrons. The summed E-state index contributed by atoms with van der Waals surface area (Å²) in [5.74, 6) is 0.937. The number of para-hydroxylation sites is 4. The fraction of sp³-hybridized carbons (Fsp3) is 0.0465. The number of imidazole rings is 1. The molecule has 3 aromatic heterocycles. The van der Waals surface area contributed by atoms with Crippen LogP contribution in [0.2, 0.25) is 0 Å². The van der Waals surface area contributed by atoms with Gasteiger partial charge in [-0.25, -0.2) is 4.98 Å². The summed E-state index contributed by atoms with van der Waals surface area (Å²) in [6.45, 7) is 0. The van der Waals surface area contributed by atoms with E-state index in [2.05, 4.69) is 171 Å². The Balaban J connectivity index is 1.28. The largest absolute Gasteiger partial charge is 0.312 e. The maximum atomic E-state index is 5.10. The van der Waals surface area contributed by atoms with Gasteiger partial charge in [0.15, 0.2) is 0 Å². The quantitative estimate of drug-likeness (QED) is 0.197. The number of rotatable bonds is 4. The van der Waals surface area contributed by atoms with Crippen molar-refractivity contribution in [1.82, 2.24) is 18.7 Å². The van der Waals surface area contributed by atoms with Gasteiger partial charge in [0.05, 0.1) is 33.1 Å². The van der Waals surface area contributed by atoms with Crippen LogP contribution < -0.4 is 0 Å². The Bertz CT molecular complexity index is 2730. The second-order valence-corrected chi connectivity index (χ2v) is 12.3. The van der Waals surface area contributed by atoms with Gasteiger partial charge in [0.25, 0.3) is 0 Å². The summed E-state index contributed by atoms with van der Waals surface area (Å²) in [4.78, 5) is 5.10. The van der Waals surface area contributed by atoms with Crippen molar-refractivity contribution in [2.45, 2.75) is 12.8 Å². The highest BCUT2D eigenvalue weighted by molar-refractivity contribution is 6.26. The molecule has 0 unspecified atom stereocenters. The minimum atomic E-state index is 0.937. The number of allylic oxidation sites excluding steroid dienone is 4. The van der Waals surface area contributed by atoms with Crippen LogP contribution in [-0.4, -0.2) is 18.7 Å². The Labute approximate surface area is 271 Å². The molecule has 4 heteroatoms. The van der Waals surface area contributed by atoms with Crippen molar-refractivity contribution < 1.29 is 0 Å². The van der Waals surface area contributed by atoms with Crippen LogP contribution in [0.5, 0.6) is 0 Å². The molecule has 0 atom stereocenters. The summed E-state index contributed by atoms with van der Waals surface area (Å²) in [7, 11) is 0. The van der Waals surface area contributed by atoms with E-state index in [1.807, 2.05) is 0 Å². The predicted molar refractivity (Wildman–Crippen MR) is 196 cm³/mol. The minimum Gasteiger partial charge on any atom is -0.312 e. The molecule has 1 aliphatic carbocycles. The van der Waals surface area contributed by atoms with Crippen molar-refractivity contribution >= 4 is 60.3 Å². The monoisotopic (exact) mass is 602 g/mol. The first-order valence-corrected chi connectivity index (χ1v) is 16.3. The number of benzene rings is 6. The van der Waals surface area contributed by atoms with Crippen molar-refractivity contribution in [3.05, 3.63) is 158 Å². The molecule has 10 rings (SSSR count). The van der Waals surface area contributed by atoms with Crippen molar-refractivity contribution in [3.63, 3.8) is 0 Å². The van der Waals surface area contributed by atoms with Gasteiger partial charge in [-0.1, -0.05) is 103 Å². The molecule has 4 nitrogen and oxygen atoms in total. The van der Waals surface area contributed by atoms with Gasteiger partial charge in [0.2, 0.25) is 0 Å². The summed E-state index contributed by atoms with van der Waals surface area (Å²) < 4.78 is 7.25. The summed E-state index contributed by atoms with van der Waals surface area (Å²) in [5, 5.41) is 5.12. The highest BCUT2D eigenvalue weighted by Crippen LogP contribution is 2.43. The molecule has 47 heavy (non-hydrogen) atoms. The molecule has 0 spiro atoms. The number of hydrogen-bond donors (Lipinski definition) is 0. The SMILES string of the molecule is C1=CCCC(n2c3ccccc3c3ccc4c(c5ccccc5n4-c4cccc(-n5c(-c6ccccc6)nc6ccccc65)c4)c32)=C1. The fourth-order valence-corrected chi connectivity index (χ4v) is 7.70. The number of aromatic nitrogens is 4. The number of hydrogen-bond acceptors (Lipinski definition) is 1. The molecular formula is C43H30N4. The summed E-state index contributed by atoms with van der Waals surface area (Å²) >= 11 is 0. The number of nitrogens with zero attached hydrogens (tertiary/aromatic N) is 4. The lowest BCUT2D eigenvalue weighted by molar-refractivity contribution is 0.980. The highest BCUT2D eigenvalue weighted by Gasteiger charge is 2.22. The zero-order chi connectivity index (χ0) is 30.9. The zero-order valence-corrected chi connectivity index (χ0v) is 25.7. The zero-order valence-electron chi connectivity index (χ0n) is 25.7. The fourth-order valence-electron chi connectivity index (χ4n) is 7.70. The standard InChI is InChI=1S/C43H30N4/c1-3-14-29(15-4-1)43-44-36-22-9-12-25-39(36)47(43)32-19-13-18-31(28-32)45-38-24-11-8-21-35(38)41-40(45)27-26-34-33-20-7-10-23-37(33)46(42(34)41)30-16-5-2-6-17-30/h1-5,7-16,18-28H,6,17H2. The van der Waals surface area contributed by atoms with E-state index >= 15 is 0 Å². The average molecular weight is 603 g/mol. The van der Waals surface area contributed by atoms with E-state index in [1.54, 1.807) is 0 Å². The second-order valence-electron chi connectivity index (χ2n) is 12.3. The molecule has 0 fully saturated rings. The van der Waals surface area contributed by atoms with Gasteiger partial charge in [-0.05, 0) is 67.4 Å². The maximum Gasteiger partial charge on any atom is 0.145 e. The highest BCUT2D eigenvalue weighted by atomic mass is 15.1. The lowest BCUT2D eigenvalue weighted by atomic mass is 10.1. The van der Waals surface area contributed by atoms with E-state index in [9.17, 15) is 0 Å². The third-order valence-corrected chi connectivity index (χ3v) is 9.69. The lowest BCUT2D eigenvalue weighted by Crippen LogP contribution is -2.01. The molecule has 0 amide bonds. The van der Waals surface area contributed by atoms with E-state index in [0.29, 0.717) is 0 Å². The van der Waals surface area contributed by atoms with Gasteiger partial charge < -0.3 is 9.13 Å². The molecule has 0 aliphatic heterocycles. The number of fused-ring (bicyclic) bond motifs is 8. The van der Waals surface area contributed by atoms with E-state index in [1.165, 1.54) is 49.3 Å². The van der Waals surface area contributed by atoms with E-state index in [4.69, 9.17) is 4.98 Å². The summed E-state index contributed by atoms with van der Waals surface area (Å²) in [5.41, 5.74) is 11.6. The molecule has 3 heterocycles. The van der Waals surface area contributed by atoms with Gasteiger partial charge >= 0.3 is 0 Å². The molecule has 0 N–H and O–H groups in total. The smallest absolute Gasteiger partial charge is 0.145 e. The van der Waals surface area contributed by atoms with Gasteiger partial charge in [-0.3, -0.25) is 4.57 Å². The van der Waals surface area contributed by atoms with Crippen LogP contribution in [0.15, 0.2) is 158 Å². The van der Waals surface area contributed by atoms with Gasteiger partial charge in [0, 0.05) is 44.2 Å². The Kier molecular flexibility index (Phi) is 5.67. The molecule has 1 aliphatic rings. The van der Waals surface area contributed by atoms with Crippen molar-refractivity contribution in [2.24, 2.45) is 0 Å². The third kappa shape index (κ3) is 3.85. The molecule has 0 saturated carbocycles. The molecule has 9 aromatic rings. The van der Waals surface area contributed by atoms with Crippen LogP contribution in [0, 0.1) is 0 Å². The molecule has 0 radical (unpaired) electrons. The van der Waals surface area contributed by atoms with Crippen LogP contribution in [0.4, 0.5) is 0 Å². The van der Waals surface area contributed by atoms with E-state index in [0.717, 1.165) is 46.6 Å². The summed E-state index contributed by atoms with van der Waals surface area (Å²) in [6.07, 6.45) is 8.83. The Hall–Kier alpha value is -6.13. The second kappa shape index (κ2) is 10.2. The van der Waals surface area contributed by atoms with E-state index < -0.39 is 0 Å². The minimum absolute atomic E-state index is 0.937. The van der Waals surface area contributed by atoms with Crippen LogP contribution in [0.25, 0.3) is 83.1 Å². The summed E-state index contributed by atoms with van der Waals surface area (Å²) in [6, 6.07) is 50.1. The van der Waals surface area contributed by atoms with E-state index in [-0.39, 0.29) is 0 Å². The predicted octanol–water partition coefficient (Wildman–Crippen LogP) is 11.1.